The van der Waals surface area contributed by atoms with E-state index in [9.17, 15) is 28.6 Å². The first kappa shape index (κ1) is 26.8. The molecule has 0 aromatic heterocycles. The van der Waals surface area contributed by atoms with Gasteiger partial charge in [0.2, 0.25) is 0 Å². The van der Waals surface area contributed by atoms with E-state index in [0.29, 0.717) is 6.42 Å². The van der Waals surface area contributed by atoms with Gasteiger partial charge in [-0.2, -0.15) is 0 Å². The fourth-order valence-electron chi connectivity index (χ4n) is 3.50. The van der Waals surface area contributed by atoms with E-state index in [1.165, 1.54) is 19.2 Å². The van der Waals surface area contributed by atoms with Crippen molar-refractivity contribution in [1.82, 2.24) is 15.5 Å². The fourth-order valence-corrected chi connectivity index (χ4v) is 3.50. The maximum absolute atomic E-state index is 13.8. The van der Waals surface area contributed by atoms with Crippen molar-refractivity contribution >= 4 is 18.0 Å². The molecule has 3 atom stereocenters. The average Bonchev–Trinajstić information content (AvgIpc) is 3.35. The van der Waals surface area contributed by atoms with Crippen LogP contribution in [-0.2, 0) is 16.1 Å². The van der Waals surface area contributed by atoms with E-state index in [1.807, 2.05) is 30.3 Å². The lowest BCUT2D eigenvalue weighted by Crippen LogP contribution is -2.48. The second-order valence-electron chi connectivity index (χ2n) is 8.18. The van der Waals surface area contributed by atoms with Gasteiger partial charge in [0.05, 0.1) is 25.2 Å². The summed E-state index contributed by atoms with van der Waals surface area (Å²) >= 11 is 0. The van der Waals surface area contributed by atoms with Crippen LogP contribution in [0.3, 0.4) is 0 Å². The van der Waals surface area contributed by atoms with Gasteiger partial charge in [-0.1, -0.05) is 47.6 Å². The average molecular weight is 507 g/mol. The van der Waals surface area contributed by atoms with E-state index in [-0.39, 0.29) is 37.1 Å². The Bertz CT molecular complexity index is 1070. The fraction of sp³-hybridized carbons (Fsp3) is 0.375. The predicted octanol–water partition coefficient (Wildman–Crippen LogP) is 2.42. The number of rotatable bonds is 9. The van der Waals surface area contributed by atoms with E-state index in [2.05, 4.69) is 15.8 Å². The Morgan fingerprint density at radius 1 is 1.22 bits per heavy atom. The number of nitrogens with zero attached hydrogens (tertiary/aromatic N) is 2. The van der Waals surface area contributed by atoms with Crippen molar-refractivity contribution in [3.05, 3.63) is 71.3 Å². The molecule has 0 radical (unpaired) electrons. The smallest absolute Gasteiger partial charge is 0.412 e. The lowest BCUT2D eigenvalue weighted by Gasteiger charge is -2.29. The van der Waals surface area contributed by atoms with Crippen LogP contribution >= 0.6 is 0 Å². The normalized spacial score (nSPS) is 16.4. The second-order valence-corrected chi connectivity index (χ2v) is 8.18. The highest BCUT2D eigenvalue weighted by atomic mass is 19.2. The van der Waals surface area contributed by atoms with Gasteiger partial charge in [0.1, 0.15) is 6.61 Å². The van der Waals surface area contributed by atoms with Crippen molar-refractivity contribution in [3.8, 4) is 0 Å². The predicted molar refractivity (Wildman–Crippen MR) is 125 cm³/mol. The number of carbonyl (C=O) groups excluding carboxylic acids is 2. The van der Waals surface area contributed by atoms with Crippen LogP contribution in [0.5, 0.6) is 0 Å². The topological polar surface area (TPSA) is 133 Å². The molecule has 194 valence electrons. The molecule has 3 rings (SSSR count). The number of aliphatic hydroxyl groups excluding tert-OH is 2. The minimum absolute atomic E-state index is 0.0484. The zero-order chi connectivity index (χ0) is 26.1. The molecule has 0 saturated carbocycles. The lowest BCUT2D eigenvalue weighted by molar-refractivity contribution is 0.0466. The summed E-state index contributed by atoms with van der Waals surface area (Å²) in [5, 5.41) is 27.9. The Kier molecular flexibility index (Phi) is 9.53. The SMILES string of the molecule is CN(C(=O)NCc1cccc(F)c1F)[C@H](COC(=O)NC1=NOC(c2ccccc2)C1)C[C@@H](O)CO. The van der Waals surface area contributed by atoms with Gasteiger partial charge in [0.15, 0.2) is 23.6 Å². The number of halogens is 2. The van der Waals surface area contributed by atoms with E-state index in [0.717, 1.165) is 16.5 Å². The molecule has 1 aliphatic rings. The minimum Gasteiger partial charge on any atom is -0.447 e. The Balaban J connectivity index is 1.52. The van der Waals surface area contributed by atoms with Gasteiger partial charge >= 0.3 is 12.1 Å². The van der Waals surface area contributed by atoms with Crippen LogP contribution < -0.4 is 10.6 Å². The van der Waals surface area contributed by atoms with E-state index in [1.54, 1.807) is 0 Å². The van der Waals surface area contributed by atoms with Crippen molar-refractivity contribution < 1.29 is 38.2 Å². The number of hydrogen-bond donors (Lipinski definition) is 4. The van der Waals surface area contributed by atoms with Crippen LogP contribution in [0.2, 0.25) is 0 Å². The molecule has 0 aliphatic carbocycles. The molecule has 0 fully saturated rings. The molecule has 0 bridgehead atoms. The Morgan fingerprint density at radius 3 is 2.69 bits per heavy atom. The van der Waals surface area contributed by atoms with Gasteiger partial charge in [0.25, 0.3) is 0 Å². The summed E-state index contributed by atoms with van der Waals surface area (Å²) < 4.78 is 32.4. The molecule has 4 N–H and O–H groups in total. The van der Waals surface area contributed by atoms with E-state index >= 15 is 0 Å². The maximum atomic E-state index is 13.8. The van der Waals surface area contributed by atoms with Crippen molar-refractivity contribution in [2.75, 3.05) is 20.3 Å². The number of amides is 3. The van der Waals surface area contributed by atoms with Crippen molar-refractivity contribution in [2.24, 2.45) is 5.16 Å². The van der Waals surface area contributed by atoms with Crippen molar-refractivity contribution in [1.29, 1.82) is 0 Å². The van der Waals surface area contributed by atoms with Gasteiger partial charge in [-0.25, -0.2) is 18.4 Å². The number of likely N-dealkylation sites (N-methyl/N-ethyl adjacent to an activating group) is 1. The zero-order valence-corrected chi connectivity index (χ0v) is 19.6. The van der Waals surface area contributed by atoms with Crippen molar-refractivity contribution in [3.63, 3.8) is 0 Å². The molecule has 1 heterocycles. The highest BCUT2D eigenvalue weighted by Gasteiger charge is 2.27. The quantitative estimate of drug-likeness (QED) is 0.413. The number of benzene rings is 2. The maximum Gasteiger partial charge on any atom is 0.412 e. The second kappa shape index (κ2) is 12.8. The molecular weight excluding hydrogens is 478 g/mol. The van der Waals surface area contributed by atoms with E-state index in [4.69, 9.17) is 9.57 Å². The molecule has 12 heteroatoms. The first-order valence-corrected chi connectivity index (χ1v) is 11.2. The zero-order valence-electron chi connectivity index (χ0n) is 19.6. The van der Waals surface area contributed by atoms with Crippen LogP contribution in [0, 0.1) is 11.6 Å². The Hall–Kier alpha value is -3.77. The summed E-state index contributed by atoms with van der Waals surface area (Å²) in [4.78, 5) is 31.4. The highest BCUT2D eigenvalue weighted by molar-refractivity contribution is 5.95. The Morgan fingerprint density at radius 2 is 1.97 bits per heavy atom. The molecular formula is C24H28F2N4O6. The standard InChI is InChI=1S/C24H28F2N4O6/c1-30(23(33)27-12-16-8-5-9-19(25)22(16)26)17(10-18(32)13-31)14-35-24(34)28-21-11-20(36-29-21)15-6-3-2-4-7-15/h2-9,17-18,20,31-32H,10-14H2,1H3,(H,27,33)(H,28,29,34)/t17-,18+,20?/m0/s1. The van der Waals surface area contributed by atoms with Crippen LogP contribution in [0.1, 0.15) is 30.1 Å². The molecule has 36 heavy (non-hydrogen) atoms. The summed E-state index contributed by atoms with van der Waals surface area (Å²) in [6.45, 7) is -1.18. The van der Waals surface area contributed by atoms with Gasteiger partial charge < -0.3 is 30.0 Å². The first-order chi connectivity index (χ1) is 17.3. The van der Waals surface area contributed by atoms with Crippen LogP contribution in [-0.4, -0.2) is 65.5 Å². The Labute approximate surface area is 206 Å². The molecule has 2 aromatic rings. The number of aliphatic hydroxyl groups is 2. The summed E-state index contributed by atoms with van der Waals surface area (Å²) in [7, 11) is 1.38. The molecule has 1 unspecified atom stereocenters. The van der Waals surface area contributed by atoms with E-state index < -0.39 is 42.5 Å². The summed E-state index contributed by atoms with van der Waals surface area (Å²) in [6, 6.07) is 11.4. The van der Waals surface area contributed by atoms with Gasteiger partial charge in [-0.3, -0.25) is 5.32 Å². The third-order valence-electron chi connectivity index (χ3n) is 5.58. The first-order valence-electron chi connectivity index (χ1n) is 11.2. The molecule has 1 aliphatic heterocycles. The molecule has 0 spiro atoms. The number of hydrogen-bond acceptors (Lipinski definition) is 7. The van der Waals surface area contributed by atoms with Crippen LogP contribution in [0.25, 0.3) is 0 Å². The summed E-state index contributed by atoms with van der Waals surface area (Å²) in [6.07, 6.45) is -2.15. The number of alkyl carbamates (subject to hydrolysis) is 1. The van der Waals surface area contributed by atoms with Gasteiger partial charge in [-0.05, 0) is 18.1 Å². The lowest BCUT2D eigenvalue weighted by atomic mass is 10.1. The largest absolute Gasteiger partial charge is 0.447 e. The molecule has 10 nitrogen and oxygen atoms in total. The number of urea groups is 1. The third kappa shape index (κ3) is 7.36. The highest BCUT2D eigenvalue weighted by Crippen LogP contribution is 2.26. The van der Waals surface area contributed by atoms with Crippen LogP contribution in [0.4, 0.5) is 18.4 Å². The van der Waals surface area contributed by atoms with Gasteiger partial charge in [-0.15, -0.1) is 0 Å². The van der Waals surface area contributed by atoms with Gasteiger partial charge in [0, 0.05) is 19.2 Å². The number of oxime groups is 1. The molecule has 0 saturated heterocycles. The van der Waals surface area contributed by atoms with Crippen LogP contribution in [0.15, 0.2) is 53.7 Å². The number of amidine groups is 1. The minimum atomic E-state index is -1.18. The van der Waals surface area contributed by atoms with Crippen molar-refractivity contribution in [2.45, 2.75) is 37.6 Å². The molecule has 3 amide bonds. The third-order valence-corrected chi connectivity index (χ3v) is 5.58. The monoisotopic (exact) mass is 506 g/mol. The number of nitrogens with one attached hydrogen (secondary N) is 2. The summed E-state index contributed by atoms with van der Waals surface area (Å²) in [5.74, 6) is -1.84. The number of carbonyl (C=O) groups is 2. The summed E-state index contributed by atoms with van der Waals surface area (Å²) in [5.41, 5.74) is 0.850. The number of ether oxygens (including phenoxy) is 1. The molecule has 2 aromatic carbocycles.